The smallest absolute Gasteiger partial charge is 0.120 e. The first kappa shape index (κ1) is 12.9. The minimum Gasteiger partial charge on any atom is -0.497 e. The van der Waals surface area contributed by atoms with E-state index in [0.717, 1.165) is 41.4 Å². The van der Waals surface area contributed by atoms with Gasteiger partial charge in [0.2, 0.25) is 0 Å². The van der Waals surface area contributed by atoms with Crippen molar-refractivity contribution in [1.29, 1.82) is 0 Å². The third kappa shape index (κ3) is 3.01. The van der Waals surface area contributed by atoms with Crippen LogP contribution >= 0.6 is 11.6 Å². The molecule has 0 atom stereocenters. The topological polar surface area (TPSA) is 39.9 Å². The molecular weight excluding hydrogens is 250 g/mol. The number of aromatic nitrogens is 3. The normalized spacial score (nSPS) is 10.6. The van der Waals surface area contributed by atoms with Crippen molar-refractivity contribution in [2.75, 3.05) is 7.11 Å². The minimum atomic E-state index is 0.734. The Morgan fingerprint density at radius 3 is 2.78 bits per heavy atom. The van der Waals surface area contributed by atoms with E-state index in [1.807, 2.05) is 36.0 Å². The standard InChI is InChI=1S/C13H16ClN3O/c1-3-17-9-11(15-16-17)6-4-10-5-7-12(18-2)8-13(10)14/h5,7-9H,3-4,6H2,1-2H3. The molecule has 0 aliphatic carbocycles. The molecule has 1 heterocycles. The summed E-state index contributed by atoms with van der Waals surface area (Å²) in [7, 11) is 1.63. The maximum atomic E-state index is 6.19. The van der Waals surface area contributed by atoms with Crippen molar-refractivity contribution in [3.05, 3.63) is 40.7 Å². The molecule has 4 nitrogen and oxygen atoms in total. The maximum Gasteiger partial charge on any atom is 0.120 e. The first-order valence-corrected chi connectivity index (χ1v) is 6.32. The van der Waals surface area contributed by atoms with Gasteiger partial charge in [-0.1, -0.05) is 22.9 Å². The van der Waals surface area contributed by atoms with Crippen molar-refractivity contribution in [3.63, 3.8) is 0 Å². The van der Waals surface area contributed by atoms with Gasteiger partial charge in [0.05, 0.1) is 12.8 Å². The number of nitrogens with zero attached hydrogens (tertiary/aromatic N) is 3. The largest absolute Gasteiger partial charge is 0.497 e. The molecule has 0 aliphatic heterocycles. The molecule has 0 bridgehead atoms. The second-order valence-electron chi connectivity index (χ2n) is 4.02. The number of hydrogen-bond donors (Lipinski definition) is 0. The molecule has 0 aliphatic rings. The summed E-state index contributed by atoms with van der Waals surface area (Å²) in [5.74, 6) is 0.778. The predicted molar refractivity (Wildman–Crippen MR) is 71.1 cm³/mol. The number of hydrogen-bond acceptors (Lipinski definition) is 3. The van der Waals surface area contributed by atoms with Crippen LogP contribution in [0, 0.1) is 0 Å². The van der Waals surface area contributed by atoms with E-state index < -0.39 is 0 Å². The van der Waals surface area contributed by atoms with Crippen molar-refractivity contribution in [2.24, 2.45) is 0 Å². The lowest BCUT2D eigenvalue weighted by molar-refractivity contribution is 0.414. The van der Waals surface area contributed by atoms with E-state index in [2.05, 4.69) is 10.3 Å². The van der Waals surface area contributed by atoms with Gasteiger partial charge in [0, 0.05) is 17.8 Å². The van der Waals surface area contributed by atoms with Crippen LogP contribution < -0.4 is 4.74 Å². The average molecular weight is 266 g/mol. The van der Waals surface area contributed by atoms with Crippen molar-refractivity contribution in [3.8, 4) is 5.75 Å². The van der Waals surface area contributed by atoms with Crippen LogP contribution in [0.3, 0.4) is 0 Å². The van der Waals surface area contributed by atoms with Crippen LogP contribution in [0.1, 0.15) is 18.2 Å². The summed E-state index contributed by atoms with van der Waals surface area (Å²) in [6, 6.07) is 5.75. The van der Waals surface area contributed by atoms with Crippen molar-refractivity contribution < 1.29 is 4.74 Å². The number of halogens is 1. The molecule has 0 saturated heterocycles. The van der Waals surface area contributed by atoms with E-state index in [9.17, 15) is 0 Å². The second-order valence-corrected chi connectivity index (χ2v) is 4.43. The molecule has 0 saturated carbocycles. The third-order valence-corrected chi connectivity index (χ3v) is 3.17. The lowest BCUT2D eigenvalue weighted by Gasteiger charge is -2.05. The molecule has 96 valence electrons. The van der Waals surface area contributed by atoms with Crippen molar-refractivity contribution in [2.45, 2.75) is 26.3 Å². The van der Waals surface area contributed by atoms with Crippen molar-refractivity contribution in [1.82, 2.24) is 15.0 Å². The Morgan fingerprint density at radius 1 is 1.33 bits per heavy atom. The second kappa shape index (κ2) is 5.87. The number of rotatable bonds is 5. The van der Waals surface area contributed by atoms with Crippen LogP contribution in [0.4, 0.5) is 0 Å². The van der Waals surface area contributed by atoms with Crippen LogP contribution in [0.5, 0.6) is 5.75 Å². The number of benzene rings is 1. The van der Waals surface area contributed by atoms with E-state index >= 15 is 0 Å². The fraction of sp³-hybridized carbons (Fsp3) is 0.385. The Labute approximate surface area is 112 Å². The Kier molecular flexibility index (Phi) is 4.20. The molecular formula is C13H16ClN3O. The minimum absolute atomic E-state index is 0.734. The maximum absolute atomic E-state index is 6.19. The van der Waals surface area contributed by atoms with Gasteiger partial charge in [-0.2, -0.15) is 0 Å². The quantitative estimate of drug-likeness (QED) is 0.835. The van der Waals surface area contributed by atoms with E-state index in [-0.39, 0.29) is 0 Å². The van der Waals surface area contributed by atoms with E-state index in [1.54, 1.807) is 7.11 Å². The van der Waals surface area contributed by atoms with Crippen LogP contribution in [0.2, 0.25) is 5.02 Å². The highest BCUT2D eigenvalue weighted by Gasteiger charge is 2.05. The molecule has 0 radical (unpaired) electrons. The molecule has 0 unspecified atom stereocenters. The average Bonchev–Trinajstić information content (AvgIpc) is 2.85. The molecule has 0 fully saturated rings. The van der Waals surface area contributed by atoms with Crippen LogP contribution in [0.25, 0.3) is 0 Å². The summed E-state index contributed by atoms with van der Waals surface area (Å²) in [6.45, 7) is 2.88. The van der Waals surface area contributed by atoms with E-state index in [4.69, 9.17) is 16.3 Å². The highest BCUT2D eigenvalue weighted by molar-refractivity contribution is 6.31. The van der Waals surface area contributed by atoms with Gasteiger partial charge in [-0.25, -0.2) is 0 Å². The summed E-state index contributed by atoms with van der Waals surface area (Å²) in [5.41, 5.74) is 2.09. The molecule has 2 rings (SSSR count). The Balaban J connectivity index is 2.01. The van der Waals surface area contributed by atoms with Crippen LogP contribution in [-0.2, 0) is 19.4 Å². The molecule has 1 aromatic carbocycles. The molecule has 18 heavy (non-hydrogen) atoms. The van der Waals surface area contributed by atoms with Crippen molar-refractivity contribution >= 4 is 11.6 Å². The molecule has 0 spiro atoms. The van der Waals surface area contributed by atoms with Gasteiger partial charge in [0.25, 0.3) is 0 Å². The Morgan fingerprint density at radius 2 is 2.17 bits per heavy atom. The monoisotopic (exact) mass is 265 g/mol. The van der Waals surface area contributed by atoms with Gasteiger partial charge in [0.1, 0.15) is 5.75 Å². The Hall–Kier alpha value is -1.55. The van der Waals surface area contributed by atoms with E-state index in [0.29, 0.717) is 0 Å². The first-order valence-electron chi connectivity index (χ1n) is 5.94. The van der Waals surface area contributed by atoms with Gasteiger partial charge < -0.3 is 4.74 Å². The highest BCUT2D eigenvalue weighted by Crippen LogP contribution is 2.23. The van der Waals surface area contributed by atoms with Crippen LogP contribution in [-0.4, -0.2) is 22.1 Å². The van der Waals surface area contributed by atoms with Gasteiger partial charge in [-0.15, -0.1) is 5.10 Å². The zero-order valence-electron chi connectivity index (χ0n) is 10.6. The zero-order valence-corrected chi connectivity index (χ0v) is 11.3. The van der Waals surface area contributed by atoms with Gasteiger partial charge in [-0.05, 0) is 37.5 Å². The lowest BCUT2D eigenvalue weighted by Crippen LogP contribution is -1.94. The molecule has 2 aromatic rings. The summed E-state index contributed by atoms with van der Waals surface area (Å²) in [4.78, 5) is 0. The van der Waals surface area contributed by atoms with Crippen LogP contribution in [0.15, 0.2) is 24.4 Å². The number of aryl methyl sites for hydroxylation is 3. The SMILES string of the molecule is CCn1cc(CCc2ccc(OC)cc2Cl)nn1. The fourth-order valence-corrected chi connectivity index (χ4v) is 1.99. The van der Waals surface area contributed by atoms with E-state index in [1.165, 1.54) is 0 Å². The first-order chi connectivity index (χ1) is 8.72. The molecule has 5 heteroatoms. The lowest BCUT2D eigenvalue weighted by atomic mass is 10.1. The summed E-state index contributed by atoms with van der Waals surface area (Å²) in [6.07, 6.45) is 3.66. The summed E-state index contributed by atoms with van der Waals surface area (Å²) >= 11 is 6.19. The summed E-state index contributed by atoms with van der Waals surface area (Å²) < 4.78 is 6.94. The number of ether oxygens (including phenoxy) is 1. The molecule has 1 aromatic heterocycles. The molecule has 0 N–H and O–H groups in total. The Bertz CT molecular complexity index is 525. The summed E-state index contributed by atoms with van der Waals surface area (Å²) in [5, 5.41) is 8.85. The van der Waals surface area contributed by atoms with Gasteiger partial charge in [0.15, 0.2) is 0 Å². The predicted octanol–water partition coefficient (Wildman–Crippen LogP) is 2.75. The zero-order chi connectivity index (χ0) is 13.0. The number of methoxy groups -OCH3 is 1. The fourth-order valence-electron chi connectivity index (χ4n) is 1.73. The van der Waals surface area contributed by atoms with Gasteiger partial charge >= 0.3 is 0 Å². The molecule has 0 amide bonds. The highest BCUT2D eigenvalue weighted by atomic mass is 35.5. The van der Waals surface area contributed by atoms with Gasteiger partial charge in [-0.3, -0.25) is 4.68 Å². The third-order valence-electron chi connectivity index (χ3n) is 2.82.